The van der Waals surface area contributed by atoms with Gasteiger partial charge in [0, 0.05) is 6.54 Å². The molecule has 1 aliphatic heterocycles. The van der Waals surface area contributed by atoms with E-state index >= 15 is 0 Å². The standard InChI is InChI=1S/C12H24N2/c1-4-13-9-12-5-7-14(8-6-12)10-11(2)3/h12-13H,2,4-10H2,1,3H3. The average Bonchev–Trinajstić information content (AvgIpc) is 2.16. The molecular weight excluding hydrogens is 172 g/mol. The Kier molecular flexibility index (Phi) is 5.20. The third kappa shape index (κ3) is 4.25. The summed E-state index contributed by atoms with van der Waals surface area (Å²) in [5.74, 6) is 0.899. The predicted octanol–water partition coefficient (Wildman–Crippen LogP) is 1.88. The molecule has 0 aromatic heterocycles. The Balaban J connectivity index is 2.14. The zero-order chi connectivity index (χ0) is 10.4. The molecule has 2 nitrogen and oxygen atoms in total. The van der Waals surface area contributed by atoms with E-state index in [1.165, 1.54) is 38.0 Å². The fourth-order valence-corrected chi connectivity index (χ4v) is 2.08. The molecule has 0 unspecified atom stereocenters. The molecule has 0 spiro atoms. The van der Waals surface area contributed by atoms with Crippen molar-refractivity contribution in [3.05, 3.63) is 12.2 Å². The van der Waals surface area contributed by atoms with Gasteiger partial charge in [0.05, 0.1) is 0 Å². The number of piperidine rings is 1. The van der Waals surface area contributed by atoms with Gasteiger partial charge in [0.1, 0.15) is 0 Å². The lowest BCUT2D eigenvalue weighted by Crippen LogP contribution is -2.37. The second-order valence-corrected chi connectivity index (χ2v) is 4.48. The van der Waals surface area contributed by atoms with Crippen LogP contribution in [-0.4, -0.2) is 37.6 Å². The van der Waals surface area contributed by atoms with Crippen molar-refractivity contribution in [2.75, 3.05) is 32.7 Å². The van der Waals surface area contributed by atoms with Crippen molar-refractivity contribution in [3.8, 4) is 0 Å². The molecule has 0 amide bonds. The second-order valence-electron chi connectivity index (χ2n) is 4.48. The summed E-state index contributed by atoms with van der Waals surface area (Å²) in [5, 5.41) is 3.44. The number of nitrogens with one attached hydrogen (secondary N) is 1. The van der Waals surface area contributed by atoms with E-state index in [1.807, 2.05) is 0 Å². The Bertz CT molecular complexity index is 169. The van der Waals surface area contributed by atoms with Crippen LogP contribution in [0.4, 0.5) is 0 Å². The SMILES string of the molecule is C=C(C)CN1CCC(CNCC)CC1. The van der Waals surface area contributed by atoms with Gasteiger partial charge in [-0.3, -0.25) is 4.90 Å². The molecule has 0 aromatic carbocycles. The van der Waals surface area contributed by atoms with Crippen molar-refractivity contribution in [1.82, 2.24) is 10.2 Å². The van der Waals surface area contributed by atoms with Crippen LogP contribution in [0, 0.1) is 5.92 Å². The minimum atomic E-state index is 0.899. The zero-order valence-electron chi connectivity index (χ0n) is 9.68. The van der Waals surface area contributed by atoms with E-state index < -0.39 is 0 Å². The van der Waals surface area contributed by atoms with Crippen molar-refractivity contribution in [2.24, 2.45) is 5.92 Å². The molecule has 0 atom stereocenters. The van der Waals surface area contributed by atoms with Gasteiger partial charge in [0.2, 0.25) is 0 Å². The van der Waals surface area contributed by atoms with Crippen molar-refractivity contribution in [1.29, 1.82) is 0 Å². The molecule has 14 heavy (non-hydrogen) atoms. The number of hydrogen-bond acceptors (Lipinski definition) is 2. The molecule has 1 heterocycles. The molecule has 1 saturated heterocycles. The van der Waals surface area contributed by atoms with Crippen molar-refractivity contribution < 1.29 is 0 Å². The van der Waals surface area contributed by atoms with E-state index in [2.05, 4.69) is 30.6 Å². The molecule has 1 N–H and O–H groups in total. The van der Waals surface area contributed by atoms with E-state index in [0.717, 1.165) is 19.0 Å². The number of likely N-dealkylation sites (tertiary alicyclic amines) is 1. The minimum absolute atomic E-state index is 0.899. The molecule has 0 bridgehead atoms. The van der Waals surface area contributed by atoms with Crippen molar-refractivity contribution in [3.63, 3.8) is 0 Å². The van der Waals surface area contributed by atoms with E-state index in [-0.39, 0.29) is 0 Å². The van der Waals surface area contributed by atoms with Crippen molar-refractivity contribution >= 4 is 0 Å². The Labute approximate surface area is 88.4 Å². The smallest absolute Gasteiger partial charge is 0.0187 e. The summed E-state index contributed by atoms with van der Waals surface area (Å²) in [6, 6.07) is 0. The van der Waals surface area contributed by atoms with Gasteiger partial charge < -0.3 is 5.32 Å². The fourth-order valence-electron chi connectivity index (χ4n) is 2.08. The highest BCUT2D eigenvalue weighted by Gasteiger charge is 2.18. The second kappa shape index (κ2) is 6.20. The molecule has 1 rings (SSSR count). The minimum Gasteiger partial charge on any atom is -0.317 e. The first-order valence-corrected chi connectivity index (χ1v) is 5.79. The first kappa shape index (κ1) is 11.7. The summed E-state index contributed by atoms with van der Waals surface area (Å²) >= 11 is 0. The number of nitrogens with zero attached hydrogens (tertiary/aromatic N) is 1. The molecule has 0 radical (unpaired) electrons. The van der Waals surface area contributed by atoms with Crippen molar-refractivity contribution in [2.45, 2.75) is 26.7 Å². The molecule has 1 aliphatic rings. The molecule has 0 saturated carbocycles. The summed E-state index contributed by atoms with van der Waals surface area (Å²) in [7, 11) is 0. The third-order valence-electron chi connectivity index (χ3n) is 2.88. The largest absolute Gasteiger partial charge is 0.317 e. The van der Waals surface area contributed by atoms with Gasteiger partial charge in [-0.1, -0.05) is 19.1 Å². The highest BCUT2D eigenvalue weighted by molar-refractivity contribution is 4.92. The molecular formula is C12H24N2. The molecule has 0 aromatic rings. The maximum atomic E-state index is 3.96. The summed E-state index contributed by atoms with van der Waals surface area (Å²) in [6.07, 6.45) is 2.70. The summed E-state index contributed by atoms with van der Waals surface area (Å²) in [5.41, 5.74) is 1.29. The Morgan fingerprint density at radius 2 is 2.07 bits per heavy atom. The van der Waals surface area contributed by atoms with E-state index in [4.69, 9.17) is 0 Å². The molecule has 2 heteroatoms. The first-order chi connectivity index (χ1) is 6.72. The first-order valence-electron chi connectivity index (χ1n) is 5.79. The van der Waals surface area contributed by atoms with E-state index in [0.29, 0.717) is 0 Å². The zero-order valence-corrected chi connectivity index (χ0v) is 9.68. The van der Waals surface area contributed by atoms with Gasteiger partial charge in [-0.15, -0.1) is 0 Å². The third-order valence-corrected chi connectivity index (χ3v) is 2.88. The summed E-state index contributed by atoms with van der Waals surface area (Å²) in [4.78, 5) is 2.52. The molecule has 0 aliphatic carbocycles. The van der Waals surface area contributed by atoms with Gasteiger partial charge in [-0.05, 0) is 51.9 Å². The highest BCUT2D eigenvalue weighted by atomic mass is 15.1. The van der Waals surface area contributed by atoms with Crippen LogP contribution in [0.1, 0.15) is 26.7 Å². The predicted molar refractivity (Wildman–Crippen MR) is 62.5 cm³/mol. The normalized spacial score (nSPS) is 19.9. The highest BCUT2D eigenvalue weighted by Crippen LogP contribution is 2.16. The van der Waals surface area contributed by atoms with Crippen LogP contribution in [0.25, 0.3) is 0 Å². The average molecular weight is 196 g/mol. The summed E-state index contributed by atoms with van der Waals surface area (Å²) < 4.78 is 0. The quantitative estimate of drug-likeness (QED) is 0.675. The number of hydrogen-bond donors (Lipinski definition) is 1. The van der Waals surface area contributed by atoms with Crippen LogP contribution in [0.3, 0.4) is 0 Å². The van der Waals surface area contributed by atoms with Gasteiger partial charge in [0.25, 0.3) is 0 Å². The molecule has 1 fully saturated rings. The Morgan fingerprint density at radius 1 is 1.43 bits per heavy atom. The van der Waals surface area contributed by atoms with Crippen LogP contribution in [0.2, 0.25) is 0 Å². The maximum absolute atomic E-state index is 3.96. The van der Waals surface area contributed by atoms with Crippen LogP contribution < -0.4 is 5.32 Å². The Morgan fingerprint density at radius 3 is 2.57 bits per heavy atom. The van der Waals surface area contributed by atoms with Crippen LogP contribution in [0.15, 0.2) is 12.2 Å². The van der Waals surface area contributed by atoms with E-state index in [9.17, 15) is 0 Å². The lowest BCUT2D eigenvalue weighted by Gasteiger charge is -2.32. The maximum Gasteiger partial charge on any atom is 0.0187 e. The molecule has 82 valence electrons. The van der Waals surface area contributed by atoms with Crippen LogP contribution in [-0.2, 0) is 0 Å². The lowest BCUT2D eigenvalue weighted by atomic mass is 9.96. The van der Waals surface area contributed by atoms with Crippen LogP contribution >= 0.6 is 0 Å². The topological polar surface area (TPSA) is 15.3 Å². The number of rotatable bonds is 5. The van der Waals surface area contributed by atoms with E-state index in [1.54, 1.807) is 0 Å². The van der Waals surface area contributed by atoms with Gasteiger partial charge in [-0.2, -0.15) is 0 Å². The van der Waals surface area contributed by atoms with Gasteiger partial charge in [0.15, 0.2) is 0 Å². The van der Waals surface area contributed by atoms with Gasteiger partial charge in [-0.25, -0.2) is 0 Å². The van der Waals surface area contributed by atoms with Crippen LogP contribution in [0.5, 0.6) is 0 Å². The Hall–Kier alpha value is -0.340. The fraction of sp³-hybridized carbons (Fsp3) is 0.833. The monoisotopic (exact) mass is 196 g/mol. The van der Waals surface area contributed by atoms with Gasteiger partial charge >= 0.3 is 0 Å². The lowest BCUT2D eigenvalue weighted by molar-refractivity contribution is 0.195. The summed E-state index contributed by atoms with van der Waals surface area (Å²) in [6.45, 7) is 14.2.